The molecule has 0 unspecified atom stereocenters. The van der Waals surface area contributed by atoms with Crippen molar-refractivity contribution in [2.45, 2.75) is 44.1 Å². The Kier molecular flexibility index (Phi) is 4.39. The minimum atomic E-state index is -0.824. The smallest absolute Gasteiger partial charge is 0.325 e. The lowest BCUT2D eigenvalue weighted by Crippen LogP contribution is -2.44. The number of nitrogens with one attached hydrogen (secondary N) is 3. The van der Waals surface area contributed by atoms with Crippen LogP contribution in [-0.4, -0.2) is 33.1 Å². The molecule has 0 saturated heterocycles. The van der Waals surface area contributed by atoms with Crippen LogP contribution in [0.4, 0.5) is 0 Å². The van der Waals surface area contributed by atoms with Crippen molar-refractivity contribution in [2.75, 3.05) is 6.54 Å². The van der Waals surface area contributed by atoms with Gasteiger partial charge in [-0.25, -0.2) is 4.79 Å². The molecule has 1 aromatic rings. The predicted octanol–water partition coefficient (Wildman–Crippen LogP) is -0.583. The minimum absolute atomic E-state index is 0.0881. The Morgan fingerprint density at radius 1 is 1.25 bits per heavy atom. The van der Waals surface area contributed by atoms with E-state index in [0.29, 0.717) is 12.8 Å². The molecule has 1 aliphatic rings. The van der Waals surface area contributed by atoms with Crippen molar-refractivity contribution in [3.8, 4) is 0 Å². The van der Waals surface area contributed by atoms with Crippen LogP contribution >= 0.6 is 0 Å². The molecular weight excluding hydrogens is 262 g/mol. The third-order valence-electron chi connectivity index (χ3n) is 3.57. The highest BCUT2D eigenvalue weighted by atomic mass is 16.3. The van der Waals surface area contributed by atoms with Gasteiger partial charge in [0.15, 0.2) is 0 Å². The fourth-order valence-electron chi connectivity index (χ4n) is 2.50. The zero-order valence-corrected chi connectivity index (χ0v) is 11.2. The minimum Gasteiger partial charge on any atom is -0.388 e. The van der Waals surface area contributed by atoms with Crippen molar-refractivity contribution in [1.82, 2.24) is 15.3 Å². The van der Waals surface area contributed by atoms with Gasteiger partial charge in [-0.2, -0.15) is 0 Å². The first kappa shape index (κ1) is 14.5. The molecule has 0 aliphatic heterocycles. The molecule has 1 aliphatic carbocycles. The molecule has 1 amide bonds. The second-order valence-electron chi connectivity index (χ2n) is 5.35. The number of carbonyl (C=O) groups excluding carboxylic acids is 1. The molecule has 0 atom stereocenters. The van der Waals surface area contributed by atoms with E-state index in [1.54, 1.807) is 0 Å². The van der Waals surface area contributed by atoms with Crippen molar-refractivity contribution in [2.24, 2.45) is 0 Å². The van der Waals surface area contributed by atoms with Gasteiger partial charge >= 0.3 is 5.69 Å². The van der Waals surface area contributed by atoms with Crippen LogP contribution in [0.3, 0.4) is 0 Å². The molecule has 1 fully saturated rings. The summed E-state index contributed by atoms with van der Waals surface area (Å²) >= 11 is 0. The molecule has 2 rings (SSSR count). The first-order chi connectivity index (χ1) is 9.47. The summed E-state index contributed by atoms with van der Waals surface area (Å²) in [5.41, 5.74) is -1.74. The quantitative estimate of drug-likeness (QED) is 0.591. The Morgan fingerprint density at radius 3 is 2.60 bits per heavy atom. The molecular formula is C13H19N3O4. The molecule has 1 heterocycles. The van der Waals surface area contributed by atoms with Crippen molar-refractivity contribution >= 4 is 5.91 Å². The van der Waals surface area contributed by atoms with Gasteiger partial charge in [-0.15, -0.1) is 0 Å². The van der Waals surface area contributed by atoms with Gasteiger partial charge in [0.25, 0.3) is 5.56 Å². The average Bonchev–Trinajstić information content (AvgIpc) is 2.36. The molecule has 1 saturated carbocycles. The fourth-order valence-corrected chi connectivity index (χ4v) is 2.50. The van der Waals surface area contributed by atoms with Gasteiger partial charge in [-0.05, 0) is 12.8 Å². The second-order valence-corrected chi connectivity index (χ2v) is 5.35. The number of H-pyrrole nitrogens is 2. The van der Waals surface area contributed by atoms with E-state index in [9.17, 15) is 19.5 Å². The summed E-state index contributed by atoms with van der Waals surface area (Å²) in [6.07, 6.45) is 4.34. The summed E-state index contributed by atoms with van der Waals surface area (Å²) in [5.74, 6) is -0.328. The van der Waals surface area contributed by atoms with Gasteiger partial charge in [0.2, 0.25) is 5.91 Å². The van der Waals surface area contributed by atoms with Crippen molar-refractivity contribution in [3.05, 3.63) is 32.6 Å². The van der Waals surface area contributed by atoms with E-state index in [-0.39, 0.29) is 24.6 Å². The molecule has 7 heteroatoms. The van der Waals surface area contributed by atoms with Crippen LogP contribution < -0.4 is 16.6 Å². The van der Waals surface area contributed by atoms with Gasteiger partial charge in [-0.3, -0.25) is 14.6 Å². The number of amides is 1. The van der Waals surface area contributed by atoms with Crippen molar-refractivity contribution in [1.29, 1.82) is 0 Å². The largest absolute Gasteiger partial charge is 0.388 e. The SMILES string of the molecule is O=C(Cc1cc(=O)[nH]c(=O)[nH]1)NCC1(O)CCCCC1. The standard InChI is InChI=1S/C13H19N3O4/c17-10(6-9-7-11(18)16-12(19)15-9)14-8-13(20)4-2-1-3-5-13/h7,20H,1-6,8H2,(H,14,17)(H2,15,16,18,19). The number of hydrogen-bond donors (Lipinski definition) is 4. The van der Waals surface area contributed by atoms with E-state index in [1.807, 2.05) is 4.98 Å². The maximum atomic E-state index is 11.8. The maximum Gasteiger partial charge on any atom is 0.325 e. The van der Waals surface area contributed by atoms with E-state index in [2.05, 4.69) is 10.3 Å². The summed E-state index contributed by atoms with van der Waals surface area (Å²) in [6.45, 7) is 0.208. The van der Waals surface area contributed by atoms with Gasteiger partial charge in [-0.1, -0.05) is 19.3 Å². The molecule has 4 N–H and O–H groups in total. The van der Waals surface area contributed by atoms with Crippen LogP contribution in [0.15, 0.2) is 15.7 Å². The van der Waals surface area contributed by atoms with Gasteiger partial charge < -0.3 is 15.4 Å². The second kappa shape index (κ2) is 6.04. The highest BCUT2D eigenvalue weighted by molar-refractivity contribution is 5.78. The number of aromatic nitrogens is 2. The van der Waals surface area contributed by atoms with Crippen molar-refractivity contribution in [3.63, 3.8) is 0 Å². The van der Waals surface area contributed by atoms with E-state index in [0.717, 1.165) is 19.3 Å². The number of aliphatic hydroxyl groups is 1. The molecule has 20 heavy (non-hydrogen) atoms. The van der Waals surface area contributed by atoms with E-state index in [4.69, 9.17) is 0 Å². The van der Waals surface area contributed by atoms with E-state index in [1.165, 1.54) is 6.07 Å². The predicted molar refractivity (Wildman–Crippen MR) is 72.4 cm³/mol. The number of aromatic amines is 2. The molecule has 7 nitrogen and oxygen atoms in total. The van der Waals surface area contributed by atoms with Gasteiger partial charge in [0, 0.05) is 18.3 Å². The lowest BCUT2D eigenvalue weighted by molar-refractivity contribution is -0.122. The Hall–Kier alpha value is -1.89. The zero-order valence-electron chi connectivity index (χ0n) is 11.2. The topological polar surface area (TPSA) is 115 Å². The van der Waals surface area contributed by atoms with E-state index < -0.39 is 16.9 Å². The fraction of sp³-hybridized carbons (Fsp3) is 0.615. The van der Waals surface area contributed by atoms with Crippen LogP contribution in [-0.2, 0) is 11.2 Å². The van der Waals surface area contributed by atoms with E-state index >= 15 is 0 Å². The zero-order chi connectivity index (χ0) is 14.6. The molecule has 0 aromatic carbocycles. The third kappa shape index (κ3) is 4.06. The first-order valence-electron chi connectivity index (χ1n) is 6.78. The van der Waals surface area contributed by atoms with Crippen LogP contribution in [0.1, 0.15) is 37.8 Å². The Labute approximate surface area is 115 Å². The van der Waals surface area contributed by atoms with Crippen LogP contribution in [0.5, 0.6) is 0 Å². The Morgan fingerprint density at radius 2 is 1.95 bits per heavy atom. The summed E-state index contributed by atoms with van der Waals surface area (Å²) in [6, 6.07) is 1.18. The third-order valence-corrected chi connectivity index (χ3v) is 3.57. The van der Waals surface area contributed by atoms with Crippen LogP contribution in [0, 0.1) is 0 Å². The molecule has 1 aromatic heterocycles. The molecule has 110 valence electrons. The van der Waals surface area contributed by atoms with Gasteiger partial charge in [0.1, 0.15) is 0 Å². The molecule has 0 radical (unpaired) electrons. The number of rotatable bonds is 4. The lowest BCUT2D eigenvalue weighted by atomic mass is 9.85. The highest BCUT2D eigenvalue weighted by Crippen LogP contribution is 2.27. The Balaban J connectivity index is 1.89. The molecule has 0 bridgehead atoms. The van der Waals surface area contributed by atoms with Crippen LogP contribution in [0.2, 0.25) is 0 Å². The summed E-state index contributed by atoms with van der Waals surface area (Å²) in [4.78, 5) is 38.4. The Bertz CT molecular complexity index is 556. The summed E-state index contributed by atoms with van der Waals surface area (Å²) < 4.78 is 0. The molecule has 0 spiro atoms. The normalized spacial score (nSPS) is 17.6. The number of hydrogen-bond acceptors (Lipinski definition) is 4. The monoisotopic (exact) mass is 281 g/mol. The number of carbonyl (C=O) groups is 1. The lowest BCUT2D eigenvalue weighted by Gasteiger charge is -2.32. The average molecular weight is 281 g/mol. The maximum absolute atomic E-state index is 11.8. The summed E-state index contributed by atoms with van der Waals surface area (Å²) in [7, 11) is 0. The highest BCUT2D eigenvalue weighted by Gasteiger charge is 2.29. The van der Waals surface area contributed by atoms with Gasteiger partial charge in [0.05, 0.1) is 12.0 Å². The van der Waals surface area contributed by atoms with Crippen molar-refractivity contribution < 1.29 is 9.90 Å². The summed E-state index contributed by atoms with van der Waals surface area (Å²) in [5, 5.41) is 12.9. The van der Waals surface area contributed by atoms with Crippen LogP contribution in [0.25, 0.3) is 0 Å². The first-order valence-corrected chi connectivity index (χ1v) is 6.78.